The van der Waals surface area contributed by atoms with Crippen molar-refractivity contribution in [1.29, 1.82) is 0 Å². The highest BCUT2D eigenvalue weighted by molar-refractivity contribution is 6.22. The van der Waals surface area contributed by atoms with Crippen LogP contribution in [0.4, 0.5) is 4.39 Å². The molecule has 0 saturated heterocycles. The predicted molar refractivity (Wildman–Crippen MR) is 77.1 cm³/mol. The van der Waals surface area contributed by atoms with Gasteiger partial charge in [0, 0.05) is 10.8 Å². The van der Waals surface area contributed by atoms with Crippen LogP contribution in [0.25, 0.3) is 0 Å². The molecule has 0 aliphatic heterocycles. The topological polar surface area (TPSA) is 0 Å². The molecule has 0 heterocycles. The molecule has 0 N–H and O–H groups in total. The third-order valence-corrected chi connectivity index (χ3v) is 4.61. The molecular formula is C17H16ClF. The Morgan fingerprint density at radius 2 is 1.79 bits per heavy atom. The molecule has 0 nitrogen and oxygen atoms in total. The zero-order chi connectivity index (χ0) is 13.3. The fourth-order valence-corrected chi connectivity index (χ4v) is 3.28. The monoisotopic (exact) mass is 274 g/mol. The lowest BCUT2D eigenvalue weighted by atomic mass is 9.89. The van der Waals surface area contributed by atoms with Crippen LogP contribution >= 0.6 is 11.6 Å². The van der Waals surface area contributed by atoms with Crippen LogP contribution in [0, 0.1) is 5.82 Å². The molecule has 1 aliphatic carbocycles. The second-order valence-electron chi connectivity index (χ2n) is 5.32. The van der Waals surface area contributed by atoms with Gasteiger partial charge in [-0.05, 0) is 42.5 Å². The van der Waals surface area contributed by atoms with Gasteiger partial charge in [-0.2, -0.15) is 0 Å². The molecule has 19 heavy (non-hydrogen) atoms. The van der Waals surface area contributed by atoms with Crippen molar-refractivity contribution < 1.29 is 4.39 Å². The maximum absolute atomic E-state index is 13.2. The highest BCUT2D eigenvalue weighted by atomic mass is 35.5. The Labute approximate surface area is 118 Å². The lowest BCUT2D eigenvalue weighted by Crippen LogP contribution is -2.23. The molecule has 0 bridgehead atoms. The van der Waals surface area contributed by atoms with Gasteiger partial charge in [-0.1, -0.05) is 42.5 Å². The highest BCUT2D eigenvalue weighted by Gasteiger charge is 2.49. The number of hydrogen-bond donors (Lipinski definition) is 0. The molecule has 1 fully saturated rings. The Balaban J connectivity index is 1.79. The number of alkyl halides is 1. The summed E-state index contributed by atoms with van der Waals surface area (Å²) in [5.41, 5.74) is 2.38. The van der Waals surface area contributed by atoms with Crippen molar-refractivity contribution in [2.75, 3.05) is 0 Å². The Hall–Kier alpha value is -1.34. The molecule has 0 aromatic heterocycles. The molecule has 1 unspecified atom stereocenters. The largest absolute Gasteiger partial charge is 0.207 e. The third kappa shape index (κ3) is 2.52. The molecule has 1 saturated carbocycles. The summed E-state index contributed by atoms with van der Waals surface area (Å²) >= 11 is 6.63. The summed E-state index contributed by atoms with van der Waals surface area (Å²) in [6.07, 6.45) is 2.97. The van der Waals surface area contributed by atoms with E-state index in [1.807, 2.05) is 12.1 Å². The van der Waals surface area contributed by atoms with Crippen molar-refractivity contribution >= 4 is 11.6 Å². The fraction of sp³-hybridized carbons (Fsp3) is 0.294. The molecule has 0 spiro atoms. The van der Waals surface area contributed by atoms with Crippen LogP contribution in [0.5, 0.6) is 0 Å². The molecule has 98 valence electrons. The molecule has 2 heteroatoms. The smallest absolute Gasteiger partial charge is 0.123 e. The molecular weight excluding hydrogens is 259 g/mol. The Morgan fingerprint density at radius 1 is 1.05 bits per heavy atom. The second-order valence-corrected chi connectivity index (χ2v) is 5.85. The van der Waals surface area contributed by atoms with E-state index >= 15 is 0 Å². The first kappa shape index (κ1) is 12.7. The zero-order valence-corrected chi connectivity index (χ0v) is 11.4. The van der Waals surface area contributed by atoms with Gasteiger partial charge in [0.2, 0.25) is 0 Å². The molecule has 1 aliphatic rings. The van der Waals surface area contributed by atoms with Gasteiger partial charge in [-0.25, -0.2) is 4.39 Å². The Bertz CT molecular complexity index is 560. The minimum Gasteiger partial charge on any atom is -0.207 e. The summed E-state index contributed by atoms with van der Waals surface area (Å²) in [6.45, 7) is 0. The van der Waals surface area contributed by atoms with E-state index in [-0.39, 0.29) is 16.6 Å². The van der Waals surface area contributed by atoms with Gasteiger partial charge in [-0.3, -0.25) is 0 Å². The molecule has 0 amide bonds. The van der Waals surface area contributed by atoms with Gasteiger partial charge in [0.15, 0.2) is 0 Å². The summed E-state index contributed by atoms with van der Waals surface area (Å²) in [4.78, 5) is 0. The first-order valence-corrected chi connectivity index (χ1v) is 7.08. The maximum Gasteiger partial charge on any atom is 0.123 e. The van der Waals surface area contributed by atoms with Gasteiger partial charge in [-0.15, -0.1) is 11.6 Å². The lowest BCUT2D eigenvalue weighted by molar-refractivity contribution is 0.611. The van der Waals surface area contributed by atoms with E-state index in [1.54, 1.807) is 12.1 Å². The van der Waals surface area contributed by atoms with Crippen molar-refractivity contribution in [1.82, 2.24) is 0 Å². The molecule has 3 rings (SSSR count). The zero-order valence-electron chi connectivity index (χ0n) is 10.7. The molecule has 1 atom stereocenters. The Kier molecular flexibility index (Phi) is 3.32. The molecule has 2 aromatic rings. The van der Waals surface area contributed by atoms with Crippen LogP contribution in [-0.4, -0.2) is 5.38 Å². The minimum absolute atomic E-state index is 0.0247. The normalized spacial score (nSPS) is 18.0. The number of benzene rings is 2. The van der Waals surface area contributed by atoms with E-state index in [9.17, 15) is 4.39 Å². The van der Waals surface area contributed by atoms with Gasteiger partial charge in [0.05, 0.1) is 0 Å². The second kappa shape index (κ2) is 4.97. The minimum atomic E-state index is -0.189. The molecule has 2 aromatic carbocycles. The van der Waals surface area contributed by atoms with Crippen LogP contribution in [0.3, 0.4) is 0 Å². The number of halogens is 2. The quantitative estimate of drug-likeness (QED) is 0.709. The standard InChI is InChI=1S/C17H16ClF/c18-16(12-13-5-4-8-15(19)11-13)17(9-10-17)14-6-2-1-3-7-14/h1-8,11,16H,9-10,12H2. The van der Waals surface area contributed by atoms with Crippen molar-refractivity contribution in [3.63, 3.8) is 0 Å². The summed E-state index contributed by atoms with van der Waals surface area (Å²) < 4.78 is 13.2. The van der Waals surface area contributed by atoms with E-state index in [1.165, 1.54) is 11.6 Å². The van der Waals surface area contributed by atoms with E-state index < -0.39 is 0 Å². The SMILES string of the molecule is Fc1cccc(CC(Cl)C2(c3ccccc3)CC2)c1. The summed E-state index contributed by atoms with van der Waals surface area (Å²) in [7, 11) is 0. The van der Waals surface area contributed by atoms with Crippen LogP contribution in [-0.2, 0) is 11.8 Å². The predicted octanol–water partition coefficient (Wildman–Crippen LogP) is 4.71. The third-order valence-electron chi connectivity index (χ3n) is 4.04. The summed E-state index contributed by atoms with van der Waals surface area (Å²) in [5, 5.41) is 0.0247. The van der Waals surface area contributed by atoms with E-state index in [4.69, 9.17) is 11.6 Å². The number of hydrogen-bond acceptors (Lipinski definition) is 0. The van der Waals surface area contributed by atoms with Crippen LogP contribution in [0.2, 0.25) is 0 Å². The lowest BCUT2D eigenvalue weighted by Gasteiger charge is -2.22. The first-order valence-electron chi connectivity index (χ1n) is 6.65. The van der Waals surface area contributed by atoms with E-state index in [0.717, 1.165) is 18.4 Å². The summed E-state index contributed by atoms with van der Waals surface area (Å²) in [5.74, 6) is -0.189. The van der Waals surface area contributed by atoms with Crippen molar-refractivity contribution in [3.8, 4) is 0 Å². The fourth-order valence-electron chi connectivity index (χ4n) is 2.75. The van der Waals surface area contributed by atoms with Crippen molar-refractivity contribution in [2.24, 2.45) is 0 Å². The first-order chi connectivity index (χ1) is 9.21. The number of rotatable bonds is 4. The average molecular weight is 275 g/mol. The van der Waals surface area contributed by atoms with Gasteiger partial charge in [0.25, 0.3) is 0 Å². The maximum atomic E-state index is 13.2. The van der Waals surface area contributed by atoms with Crippen LogP contribution in [0.15, 0.2) is 54.6 Å². The highest BCUT2D eigenvalue weighted by Crippen LogP contribution is 2.53. The van der Waals surface area contributed by atoms with Gasteiger partial charge >= 0.3 is 0 Å². The van der Waals surface area contributed by atoms with Gasteiger partial charge < -0.3 is 0 Å². The van der Waals surface area contributed by atoms with E-state index in [2.05, 4.69) is 24.3 Å². The Morgan fingerprint density at radius 3 is 2.42 bits per heavy atom. The van der Waals surface area contributed by atoms with Gasteiger partial charge in [0.1, 0.15) is 5.82 Å². The van der Waals surface area contributed by atoms with Crippen molar-refractivity contribution in [3.05, 3.63) is 71.5 Å². The molecule has 0 radical (unpaired) electrons. The van der Waals surface area contributed by atoms with Crippen LogP contribution in [0.1, 0.15) is 24.0 Å². The van der Waals surface area contributed by atoms with E-state index in [0.29, 0.717) is 6.42 Å². The summed E-state index contributed by atoms with van der Waals surface area (Å²) in [6, 6.07) is 17.2. The van der Waals surface area contributed by atoms with Crippen molar-refractivity contribution in [2.45, 2.75) is 30.1 Å². The average Bonchev–Trinajstić information content (AvgIpc) is 3.21. The van der Waals surface area contributed by atoms with Crippen LogP contribution < -0.4 is 0 Å².